The van der Waals surface area contributed by atoms with Crippen LogP contribution < -0.4 is 15.0 Å². The van der Waals surface area contributed by atoms with Gasteiger partial charge in [-0.05, 0) is 54.7 Å². The number of methoxy groups -OCH3 is 1. The van der Waals surface area contributed by atoms with Crippen molar-refractivity contribution in [2.75, 3.05) is 12.0 Å². The first-order valence-corrected chi connectivity index (χ1v) is 15.2. The van der Waals surface area contributed by atoms with Crippen LogP contribution in [0.5, 0.6) is 11.5 Å². The molecule has 0 bridgehead atoms. The highest BCUT2D eigenvalue weighted by atomic mass is 79.9. The molecule has 2 aliphatic heterocycles. The third-order valence-corrected chi connectivity index (χ3v) is 10.3. The molecule has 218 valence electrons. The third kappa shape index (κ3) is 3.87. The molecule has 2 heterocycles. The Morgan fingerprint density at radius 2 is 1.77 bits per heavy atom. The highest BCUT2D eigenvalue weighted by Crippen LogP contribution is 2.65. The molecule has 0 aromatic heterocycles. The molecule has 3 fully saturated rings. The lowest BCUT2D eigenvalue weighted by Crippen LogP contribution is -2.53. The number of carbonyl (C=O) groups excluding carboxylic acids is 4. The first-order chi connectivity index (χ1) is 20.7. The Labute approximate surface area is 260 Å². The highest BCUT2D eigenvalue weighted by Gasteiger charge is 2.70. The number of imide groups is 2. The second-order valence-electron chi connectivity index (χ2n) is 11.5. The minimum Gasteiger partial charge on any atom is -0.504 e. The van der Waals surface area contributed by atoms with Crippen molar-refractivity contribution < 1.29 is 29.0 Å². The zero-order chi connectivity index (χ0) is 30.2. The molecule has 4 aliphatic rings. The third-order valence-electron chi connectivity index (χ3n) is 9.61. The summed E-state index contributed by atoms with van der Waals surface area (Å²) in [5, 5.41) is 14.5. The Hall–Kier alpha value is -3.95. The second-order valence-corrected chi connectivity index (χ2v) is 12.8. The number of fused-ring (bicyclic) bond motifs is 4. The molecule has 3 aromatic rings. The quantitative estimate of drug-likeness (QED) is 0.291. The Bertz CT molecular complexity index is 1760. The van der Waals surface area contributed by atoms with Crippen molar-refractivity contribution >= 4 is 56.8 Å². The van der Waals surface area contributed by atoms with Crippen molar-refractivity contribution in [3.8, 4) is 11.5 Å². The second kappa shape index (κ2) is 10.1. The number of amides is 4. The zero-order valence-corrected chi connectivity index (χ0v) is 25.3. The number of hydrogen-bond donors (Lipinski definition) is 2. The van der Waals surface area contributed by atoms with Gasteiger partial charge in [-0.2, -0.15) is 0 Å². The number of hydrogen-bond acceptors (Lipinski definition) is 6. The minimum atomic E-state index is -1.49. The summed E-state index contributed by atoms with van der Waals surface area (Å²) in [6.45, 7) is 0. The average Bonchev–Trinajstić information content (AvgIpc) is 3.42. The number of halogens is 2. The Morgan fingerprint density at radius 1 is 1.00 bits per heavy atom. The minimum absolute atomic E-state index is 0.165. The Balaban J connectivity index is 1.56. The molecular weight excluding hydrogens is 636 g/mol. The molecule has 10 heteroatoms. The van der Waals surface area contributed by atoms with E-state index in [9.17, 15) is 19.5 Å². The van der Waals surface area contributed by atoms with Gasteiger partial charge in [-0.3, -0.25) is 24.5 Å². The smallest absolute Gasteiger partial charge is 0.246 e. The summed E-state index contributed by atoms with van der Waals surface area (Å²) < 4.78 is 6.11. The van der Waals surface area contributed by atoms with Crippen molar-refractivity contribution in [3.63, 3.8) is 0 Å². The van der Waals surface area contributed by atoms with E-state index in [0.29, 0.717) is 32.7 Å². The van der Waals surface area contributed by atoms with Crippen LogP contribution in [0.1, 0.15) is 29.9 Å². The molecule has 7 rings (SSSR count). The summed E-state index contributed by atoms with van der Waals surface area (Å²) in [6, 6.07) is 19.1. The van der Waals surface area contributed by atoms with Gasteiger partial charge in [0, 0.05) is 21.0 Å². The van der Waals surface area contributed by atoms with E-state index < -0.39 is 46.8 Å². The molecule has 2 N–H and O–H groups in total. The van der Waals surface area contributed by atoms with E-state index in [2.05, 4.69) is 21.2 Å². The maximum absolute atomic E-state index is 15.1. The van der Waals surface area contributed by atoms with Gasteiger partial charge < -0.3 is 9.84 Å². The van der Waals surface area contributed by atoms with Gasteiger partial charge in [0.15, 0.2) is 11.5 Å². The lowest BCUT2D eigenvalue weighted by atomic mass is 9.49. The maximum Gasteiger partial charge on any atom is 0.246 e. The van der Waals surface area contributed by atoms with Gasteiger partial charge in [-0.25, -0.2) is 4.90 Å². The van der Waals surface area contributed by atoms with Crippen molar-refractivity contribution in [2.24, 2.45) is 23.7 Å². The van der Waals surface area contributed by atoms with Gasteiger partial charge in [0.1, 0.15) is 0 Å². The molecule has 0 spiro atoms. The van der Waals surface area contributed by atoms with Gasteiger partial charge in [-0.15, -0.1) is 0 Å². The SMILES string of the molecule is COc1cc(Br)cc([C@H]2C3=CC[C@@H]4C(=O)NC(=O)[C@@H]4[C@@H]3C[C@H]3C(=O)N(c4cccc(Cl)c4)C(=O)[C@@]23c2ccccc2)c1O. The van der Waals surface area contributed by atoms with Gasteiger partial charge in [0.25, 0.3) is 0 Å². The number of allylic oxidation sites excluding steroid dienone is 2. The topological polar surface area (TPSA) is 113 Å². The number of aromatic hydroxyl groups is 1. The van der Waals surface area contributed by atoms with Crippen LogP contribution in [0.2, 0.25) is 5.02 Å². The summed E-state index contributed by atoms with van der Waals surface area (Å²) in [6.07, 6.45) is 2.40. The molecule has 2 aliphatic carbocycles. The standard InChI is InChI=1S/C33H26BrClN2O6/c1-43-25-13-17(34)12-23(28(25)38)27-20-10-11-21-26(30(40)36-29(21)39)22(20)15-24-31(41)37(19-9-5-8-18(35)14-19)32(42)33(24,27)16-6-3-2-4-7-16/h2-10,12-14,21-22,24,26-27,38H,11,15H2,1H3,(H,36,39,40)/t21-,22+,24-,26-,27+,33+/m0/s1. The van der Waals surface area contributed by atoms with Crippen LogP contribution in [0.3, 0.4) is 0 Å². The summed E-state index contributed by atoms with van der Waals surface area (Å²) in [4.78, 5) is 56.9. The predicted octanol–water partition coefficient (Wildman–Crippen LogP) is 5.27. The number of nitrogens with one attached hydrogen (secondary N) is 1. The molecule has 43 heavy (non-hydrogen) atoms. The van der Waals surface area contributed by atoms with Gasteiger partial charge in [-0.1, -0.05) is 75.6 Å². The van der Waals surface area contributed by atoms with Gasteiger partial charge in [0.05, 0.1) is 36.0 Å². The molecule has 0 radical (unpaired) electrons. The van der Waals surface area contributed by atoms with Crippen LogP contribution >= 0.6 is 27.5 Å². The predicted molar refractivity (Wildman–Crippen MR) is 162 cm³/mol. The summed E-state index contributed by atoms with van der Waals surface area (Å²) in [5.74, 6) is -5.11. The first-order valence-electron chi connectivity index (χ1n) is 14.0. The van der Waals surface area contributed by atoms with E-state index in [1.807, 2.05) is 36.4 Å². The van der Waals surface area contributed by atoms with Gasteiger partial charge >= 0.3 is 0 Å². The number of nitrogens with zero attached hydrogens (tertiary/aromatic N) is 1. The van der Waals surface area contributed by atoms with E-state index >= 15 is 4.79 Å². The number of anilines is 1. The zero-order valence-electron chi connectivity index (χ0n) is 22.9. The Morgan fingerprint density at radius 3 is 2.49 bits per heavy atom. The number of ether oxygens (including phenoxy) is 1. The maximum atomic E-state index is 15.1. The van der Waals surface area contributed by atoms with Crippen LogP contribution in [-0.4, -0.2) is 35.8 Å². The van der Waals surface area contributed by atoms with Crippen LogP contribution in [0.15, 0.2) is 82.9 Å². The monoisotopic (exact) mass is 660 g/mol. The van der Waals surface area contributed by atoms with Crippen LogP contribution in [-0.2, 0) is 24.6 Å². The lowest BCUT2D eigenvalue weighted by Gasteiger charge is -2.50. The molecule has 8 nitrogen and oxygen atoms in total. The fourth-order valence-electron chi connectivity index (χ4n) is 7.97. The number of phenolic OH excluding ortho intramolecular Hbond substituents is 1. The summed E-state index contributed by atoms with van der Waals surface area (Å²) in [7, 11) is 1.44. The molecule has 2 saturated heterocycles. The summed E-state index contributed by atoms with van der Waals surface area (Å²) >= 11 is 9.86. The number of carbonyl (C=O) groups is 4. The van der Waals surface area contributed by atoms with E-state index in [0.717, 1.165) is 5.57 Å². The average molecular weight is 662 g/mol. The molecule has 3 aromatic carbocycles. The molecule has 0 unspecified atom stereocenters. The highest BCUT2D eigenvalue weighted by molar-refractivity contribution is 9.10. The number of phenols is 1. The van der Waals surface area contributed by atoms with Crippen molar-refractivity contribution in [1.29, 1.82) is 0 Å². The van der Waals surface area contributed by atoms with Crippen LogP contribution in [0.4, 0.5) is 5.69 Å². The van der Waals surface area contributed by atoms with Crippen molar-refractivity contribution in [3.05, 3.63) is 99.0 Å². The number of benzene rings is 3. The number of rotatable bonds is 4. The Kier molecular flexibility index (Phi) is 6.52. The molecule has 6 atom stereocenters. The molecule has 1 saturated carbocycles. The van der Waals surface area contributed by atoms with Gasteiger partial charge in [0.2, 0.25) is 23.6 Å². The normalized spacial score (nSPS) is 29.5. The first kappa shape index (κ1) is 27.9. The lowest BCUT2D eigenvalue weighted by molar-refractivity contribution is -0.128. The van der Waals surface area contributed by atoms with Crippen LogP contribution in [0, 0.1) is 23.7 Å². The summed E-state index contributed by atoms with van der Waals surface area (Å²) in [5.41, 5.74) is 0.590. The van der Waals surface area contributed by atoms with Crippen molar-refractivity contribution in [2.45, 2.75) is 24.2 Å². The largest absolute Gasteiger partial charge is 0.504 e. The van der Waals surface area contributed by atoms with E-state index in [4.69, 9.17) is 16.3 Å². The fourth-order valence-corrected chi connectivity index (χ4v) is 8.61. The molecule has 4 amide bonds. The van der Waals surface area contributed by atoms with Crippen LogP contribution in [0.25, 0.3) is 0 Å². The molecular formula is C33H26BrClN2O6. The van der Waals surface area contributed by atoms with E-state index in [1.54, 1.807) is 36.4 Å². The van der Waals surface area contributed by atoms with E-state index in [-0.39, 0.29) is 29.7 Å². The van der Waals surface area contributed by atoms with Crippen molar-refractivity contribution in [1.82, 2.24) is 5.32 Å². The fraction of sp³-hybridized carbons (Fsp3) is 0.273. The van der Waals surface area contributed by atoms with E-state index in [1.165, 1.54) is 12.0 Å².